The molecule has 1 aliphatic rings. The molecular formula is C13H18ClN3O2. The van der Waals surface area contributed by atoms with E-state index in [0.29, 0.717) is 11.4 Å². The number of nitrogens with one attached hydrogen (secondary N) is 1. The maximum Gasteiger partial charge on any atom is 0.336 e. The van der Waals surface area contributed by atoms with E-state index < -0.39 is 5.97 Å². The topological polar surface area (TPSA) is 65.5 Å². The predicted molar refractivity (Wildman–Crippen MR) is 75.2 cm³/mol. The fourth-order valence-electron chi connectivity index (χ4n) is 2.29. The van der Waals surface area contributed by atoms with E-state index >= 15 is 0 Å². The molecule has 6 heteroatoms. The van der Waals surface area contributed by atoms with Crippen molar-refractivity contribution in [2.24, 2.45) is 0 Å². The summed E-state index contributed by atoms with van der Waals surface area (Å²) in [5, 5.41) is 12.9. The van der Waals surface area contributed by atoms with Gasteiger partial charge in [-0.1, -0.05) is 11.6 Å². The molecule has 19 heavy (non-hydrogen) atoms. The molecule has 0 aromatic carbocycles. The Balaban J connectivity index is 2.37. The van der Waals surface area contributed by atoms with Crippen LogP contribution in [0.2, 0.25) is 5.15 Å². The summed E-state index contributed by atoms with van der Waals surface area (Å²) in [6, 6.07) is 1.60. The van der Waals surface area contributed by atoms with Gasteiger partial charge >= 0.3 is 5.97 Å². The molecule has 0 radical (unpaired) electrons. The standard InChI is InChI=1S/C13H18ClN3O2/c1-8-9(12(18)19)6-10(16-11(8)14)17-5-4-15-13(2,3)7-17/h6,15H,4-5,7H2,1-3H3,(H,18,19). The minimum atomic E-state index is -0.975. The summed E-state index contributed by atoms with van der Waals surface area (Å²) in [5.74, 6) is -0.347. The molecular weight excluding hydrogens is 266 g/mol. The highest BCUT2D eigenvalue weighted by molar-refractivity contribution is 6.30. The van der Waals surface area contributed by atoms with Crippen molar-refractivity contribution in [3.8, 4) is 0 Å². The van der Waals surface area contributed by atoms with Gasteiger partial charge in [-0.05, 0) is 26.8 Å². The third-order valence-electron chi connectivity index (χ3n) is 3.33. The molecule has 2 rings (SSSR count). The zero-order valence-corrected chi connectivity index (χ0v) is 12.1. The second kappa shape index (κ2) is 4.98. The van der Waals surface area contributed by atoms with Gasteiger partial charge in [-0.3, -0.25) is 0 Å². The third-order valence-corrected chi connectivity index (χ3v) is 3.69. The molecule has 104 valence electrons. The molecule has 5 nitrogen and oxygen atoms in total. The van der Waals surface area contributed by atoms with Crippen molar-refractivity contribution in [2.45, 2.75) is 26.3 Å². The lowest BCUT2D eigenvalue weighted by Gasteiger charge is -2.39. The SMILES string of the molecule is Cc1c(C(=O)O)cc(N2CCNC(C)(C)C2)nc1Cl. The van der Waals surface area contributed by atoms with Crippen molar-refractivity contribution in [3.63, 3.8) is 0 Å². The number of carbonyl (C=O) groups is 1. The third kappa shape index (κ3) is 2.98. The van der Waals surface area contributed by atoms with E-state index in [0.717, 1.165) is 19.6 Å². The molecule has 1 aromatic rings. The Morgan fingerprint density at radius 3 is 2.84 bits per heavy atom. The number of halogens is 1. The minimum Gasteiger partial charge on any atom is -0.478 e. The van der Waals surface area contributed by atoms with Crippen LogP contribution < -0.4 is 10.2 Å². The van der Waals surface area contributed by atoms with Crippen LogP contribution in [0, 0.1) is 6.92 Å². The number of aromatic nitrogens is 1. The maximum atomic E-state index is 11.2. The number of carboxylic acid groups (broad SMARTS) is 1. The summed E-state index contributed by atoms with van der Waals surface area (Å²) in [7, 11) is 0. The highest BCUT2D eigenvalue weighted by atomic mass is 35.5. The van der Waals surface area contributed by atoms with Gasteiger partial charge in [-0.15, -0.1) is 0 Å². The van der Waals surface area contributed by atoms with Crippen molar-refractivity contribution < 1.29 is 9.90 Å². The molecule has 0 saturated carbocycles. The first kappa shape index (κ1) is 14.1. The van der Waals surface area contributed by atoms with E-state index in [4.69, 9.17) is 11.6 Å². The van der Waals surface area contributed by atoms with Crippen LogP contribution >= 0.6 is 11.6 Å². The second-order valence-electron chi connectivity index (χ2n) is 5.48. The summed E-state index contributed by atoms with van der Waals surface area (Å²) >= 11 is 6.04. The maximum absolute atomic E-state index is 11.2. The van der Waals surface area contributed by atoms with Crippen LogP contribution in [0.3, 0.4) is 0 Å². The lowest BCUT2D eigenvalue weighted by atomic mass is 10.0. The van der Waals surface area contributed by atoms with Crippen LogP contribution in [-0.2, 0) is 0 Å². The molecule has 1 fully saturated rings. The molecule has 2 N–H and O–H groups in total. The zero-order valence-electron chi connectivity index (χ0n) is 11.3. The number of anilines is 1. The molecule has 2 heterocycles. The molecule has 0 atom stereocenters. The quantitative estimate of drug-likeness (QED) is 0.812. The van der Waals surface area contributed by atoms with E-state index in [-0.39, 0.29) is 16.3 Å². The summed E-state index contributed by atoms with van der Waals surface area (Å²) in [6.45, 7) is 8.26. The van der Waals surface area contributed by atoms with Crippen molar-refractivity contribution in [1.82, 2.24) is 10.3 Å². The van der Waals surface area contributed by atoms with Gasteiger partial charge in [0.1, 0.15) is 11.0 Å². The van der Waals surface area contributed by atoms with Gasteiger partial charge < -0.3 is 15.3 Å². The Morgan fingerprint density at radius 1 is 1.58 bits per heavy atom. The number of carboxylic acids is 1. The highest BCUT2D eigenvalue weighted by Crippen LogP contribution is 2.25. The molecule has 0 unspecified atom stereocenters. The van der Waals surface area contributed by atoms with Gasteiger partial charge in [-0.2, -0.15) is 0 Å². The fourth-order valence-corrected chi connectivity index (χ4v) is 2.47. The van der Waals surface area contributed by atoms with Gasteiger partial charge in [0.25, 0.3) is 0 Å². The van der Waals surface area contributed by atoms with E-state index in [1.807, 2.05) is 0 Å². The Labute approximate surface area is 117 Å². The largest absolute Gasteiger partial charge is 0.478 e. The molecule has 0 aliphatic carbocycles. The van der Waals surface area contributed by atoms with Gasteiger partial charge in [0.2, 0.25) is 0 Å². The number of rotatable bonds is 2. The van der Waals surface area contributed by atoms with Crippen molar-refractivity contribution >= 4 is 23.4 Å². The Hall–Kier alpha value is -1.33. The van der Waals surface area contributed by atoms with Crippen LogP contribution in [-0.4, -0.2) is 41.2 Å². The first-order chi connectivity index (χ1) is 8.80. The molecule has 1 aliphatic heterocycles. The smallest absolute Gasteiger partial charge is 0.336 e. The Kier molecular flexibility index (Phi) is 3.69. The van der Waals surface area contributed by atoms with E-state index in [9.17, 15) is 9.90 Å². The van der Waals surface area contributed by atoms with E-state index in [1.165, 1.54) is 0 Å². The van der Waals surface area contributed by atoms with E-state index in [1.54, 1.807) is 13.0 Å². The molecule has 0 spiro atoms. The average Bonchev–Trinajstić information content (AvgIpc) is 2.30. The predicted octanol–water partition coefficient (Wildman–Crippen LogP) is 1.93. The first-order valence-corrected chi connectivity index (χ1v) is 6.58. The number of hydrogen-bond donors (Lipinski definition) is 2. The minimum absolute atomic E-state index is 0.0271. The summed E-state index contributed by atoms with van der Waals surface area (Å²) < 4.78 is 0. The molecule has 0 bridgehead atoms. The van der Waals surface area contributed by atoms with Crippen LogP contribution in [0.5, 0.6) is 0 Å². The summed E-state index contributed by atoms with van der Waals surface area (Å²) in [6.07, 6.45) is 0. The Morgan fingerprint density at radius 2 is 2.26 bits per heavy atom. The lowest BCUT2D eigenvalue weighted by molar-refractivity contribution is 0.0696. The van der Waals surface area contributed by atoms with Crippen LogP contribution in [0.1, 0.15) is 29.8 Å². The lowest BCUT2D eigenvalue weighted by Crippen LogP contribution is -2.57. The number of hydrogen-bond acceptors (Lipinski definition) is 4. The van der Waals surface area contributed by atoms with Crippen molar-refractivity contribution in [2.75, 3.05) is 24.5 Å². The van der Waals surface area contributed by atoms with Gasteiger partial charge in [-0.25, -0.2) is 9.78 Å². The summed E-state index contributed by atoms with van der Waals surface area (Å²) in [4.78, 5) is 17.6. The monoisotopic (exact) mass is 283 g/mol. The number of nitrogens with zero attached hydrogens (tertiary/aromatic N) is 2. The van der Waals surface area contributed by atoms with Crippen molar-refractivity contribution in [3.05, 3.63) is 22.3 Å². The summed E-state index contributed by atoms with van der Waals surface area (Å²) in [5.41, 5.74) is 0.694. The fraction of sp³-hybridized carbons (Fsp3) is 0.538. The first-order valence-electron chi connectivity index (χ1n) is 6.20. The van der Waals surface area contributed by atoms with Crippen LogP contribution in [0.4, 0.5) is 5.82 Å². The zero-order chi connectivity index (χ0) is 14.2. The van der Waals surface area contributed by atoms with Crippen LogP contribution in [0.15, 0.2) is 6.07 Å². The number of piperazine rings is 1. The molecule has 1 aromatic heterocycles. The number of pyridine rings is 1. The Bertz CT molecular complexity index is 517. The molecule has 1 saturated heterocycles. The van der Waals surface area contributed by atoms with Gasteiger partial charge in [0.05, 0.1) is 5.56 Å². The normalized spacial score (nSPS) is 18.4. The van der Waals surface area contributed by atoms with Gasteiger partial charge in [0, 0.05) is 30.7 Å². The second-order valence-corrected chi connectivity index (χ2v) is 5.84. The average molecular weight is 284 g/mol. The number of aromatic carboxylic acids is 1. The van der Waals surface area contributed by atoms with E-state index in [2.05, 4.69) is 29.0 Å². The highest BCUT2D eigenvalue weighted by Gasteiger charge is 2.27. The van der Waals surface area contributed by atoms with Crippen molar-refractivity contribution in [1.29, 1.82) is 0 Å². The van der Waals surface area contributed by atoms with Gasteiger partial charge in [0.15, 0.2) is 0 Å². The van der Waals surface area contributed by atoms with Crippen LogP contribution in [0.25, 0.3) is 0 Å². The molecule has 0 amide bonds.